The van der Waals surface area contributed by atoms with Crippen molar-refractivity contribution in [3.05, 3.63) is 53.2 Å². The topological polar surface area (TPSA) is 38.9 Å². The fraction of sp³-hybridized carbons (Fsp3) is 0.154. The Balaban J connectivity index is 2.14. The molecule has 2 nitrogen and oxygen atoms in total. The third kappa shape index (κ3) is 3.46. The monoisotopic (exact) mass is 264 g/mol. The van der Waals surface area contributed by atoms with E-state index in [-0.39, 0.29) is 6.04 Å². The van der Waals surface area contributed by atoms with Crippen molar-refractivity contribution in [3.8, 4) is 0 Å². The van der Waals surface area contributed by atoms with E-state index < -0.39 is 0 Å². The van der Waals surface area contributed by atoms with Crippen LogP contribution in [-0.4, -0.2) is 4.98 Å². The van der Waals surface area contributed by atoms with Gasteiger partial charge < -0.3 is 5.73 Å². The molecule has 1 aromatic heterocycles. The number of halogens is 1. The van der Waals surface area contributed by atoms with Crippen molar-refractivity contribution in [3.63, 3.8) is 0 Å². The molecule has 0 fully saturated rings. The number of benzene rings is 1. The molecule has 0 spiro atoms. The van der Waals surface area contributed by atoms with Gasteiger partial charge in [0.15, 0.2) is 0 Å². The average Bonchev–Trinajstić information content (AvgIpc) is 2.29. The first-order chi connectivity index (χ1) is 8.15. The molecule has 1 aromatic carbocycles. The van der Waals surface area contributed by atoms with Gasteiger partial charge in [-0.15, -0.1) is 0 Å². The minimum absolute atomic E-state index is 0.0210. The molecule has 2 aromatic rings. The third-order valence-electron chi connectivity index (χ3n) is 2.30. The first-order valence-electron chi connectivity index (χ1n) is 5.30. The van der Waals surface area contributed by atoms with E-state index in [0.717, 1.165) is 20.5 Å². The molecule has 0 unspecified atom stereocenters. The van der Waals surface area contributed by atoms with E-state index in [1.54, 1.807) is 11.8 Å². The van der Waals surface area contributed by atoms with Gasteiger partial charge in [0.25, 0.3) is 0 Å². The smallest absolute Gasteiger partial charge is 0.101 e. The lowest BCUT2D eigenvalue weighted by atomic mass is 10.2. The SMILES string of the molecule is C[C@H](N)c1ccc(Sc2cccc(Cl)c2)nc1. The predicted molar refractivity (Wildman–Crippen MR) is 72.4 cm³/mol. The molecule has 2 rings (SSSR count). The van der Waals surface area contributed by atoms with E-state index in [0.29, 0.717) is 0 Å². The zero-order chi connectivity index (χ0) is 12.3. The van der Waals surface area contributed by atoms with Crippen molar-refractivity contribution in [2.24, 2.45) is 5.73 Å². The lowest BCUT2D eigenvalue weighted by Crippen LogP contribution is -2.04. The van der Waals surface area contributed by atoms with Crippen LogP contribution in [0.4, 0.5) is 0 Å². The van der Waals surface area contributed by atoms with Crippen molar-refractivity contribution in [2.75, 3.05) is 0 Å². The molecule has 0 saturated heterocycles. The van der Waals surface area contributed by atoms with Crippen molar-refractivity contribution in [1.82, 2.24) is 4.98 Å². The zero-order valence-corrected chi connectivity index (χ0v) is 11.0. The summed E-state index contributed by atoms with van der Waals surface area (Å²) >= 11 is 7.51. The van der Waals surface area contributed by atoms with Crippen LogP contribution in [0.25, 0.3) is 0 Å². The minimum atomic E-state index is 0.0210. The molecular formula is C13H13ClN2S. The maximum absolute atomic E-state index is 5.93. The molecular weight excluding hydrogens is 252 g/mol. The van der Waals surface area contributed by atoms with E-state index in [2.05, 4.69) is 4.98 Å². The van der Waals surface area contributed by atoms with Gasteiger partial charge in [0, 0.05) is 22.2 Å². The molecule has 0 aliphatic heterocycles. The van der Waals surface area contributed by atoms with Crippen LogP contribution in [0.5, 0.6) is 0 Å². The summed E-state index contributed by atoms with van der Waals surface area (Å²) in [6, 6.07) is 11.7. The highest BCUT2D eigenvalue weighted by Gasteiger charge is 2.02. The van der Waals surface area contributed by atoms with E-state index in [1.807, 2.05) is 49.5 Å². The van der Waals surface area contributed by atoms with E-state index >= 15 is 0 Å². The van der Waals surface area contributed by atoms with Gasteiger partial charge in [-0.3, -0.25) is 0 Å². The summed E-state index contributed by atoms with van der Waals surface area (Å²) in [7, 11) is 0. The van der Waals surface area contributed by atoms with Gasteiger partial charge in [0.05, 0.1) is 0 Å². The lowest BCUT2D eigenvalue weighted by molar-refractivity contribution is 0.806. The quantitative estimate of drug-likeness (QED) is 0.914. The molecule has 2 N–H and O–H groups in total. The van der Waals surface area contributed by atoms with E-state index in [1.165, 1.54) is 0 Å². The van der Waals surface area contributed by atoms with Crippen molar-refractivity contribution < 1.29 is 0 Å². The summed E-state index contributed by atoms with van der Waals surface area (Å²) in [4.78, 5) is 5.45. The molecule has 0 aliphatic rings. The summed E-state index contributed by atoms with van der Waals surface area (Å²) in [5, 5.41) is 1.68. The van der Waals surface area contributed by atoms with Crippen molar-refractivity contribution >= 4 is 23.4 Å². The Morgan fingerprint density at radius 2 is 2.12 bits per heavy atom. The molecule has 0 saturated carbocycles. The summed E-state index contributed by atoms with van der Waals surface area (Å²) < 4.78 is 0. The van der Waals surface area contributed by atoms with E-state index in [4.69, 9.17) is 17.3 Å². The fourth-order valence-electron chi connectivity index (χ4n) is 1.37. The Hall–Kier alpha value is -1.03. The van der Waals surface area contributed by atoms with Gasteiger partial charge in [-0.05, 0) is 36.8 Å². The zero-order valence-electron chi connectivity index (χ0n) is 9.43. The summed E-state index contributed by atoms with van der Waals surface area (Å²) in [5.74, 6) is 0. The minimum Gasteiger partial charge on any atom is -0.324 e. The standard InChI is InChI=1S/C13H13ClN2S/c1-9(15)10-5-6-13(16-8-10)17-12-4-2-3-11(14)7-12/h2-9H,15H2,1H3/t9-/m0/s1. The molecule has 1 heterocycles. The maximum Gasteiger partial charge on any atom is 0.101 e. The highest BCUT2D eigenvalue weighted by atomic mass is 35.5. The van der Waals surface area contributed by atoms with Crippen molar-refractivity contribution in [2.45, 2.75) is 22.9 Å². The number of pyridine rings is 1. The lowest BCUT2D eigenvalue weighted by Gasteiger charge is -2.06. The molecule has 0 radical (unpaired) electrons. The Bertz CT molecular complexity index is 497. The molecule has 4 heteroatoms. The fourth-order valence-corrected chi connectivity index (χ4v) is 2.44. The summed E-state index contributed by atoms with van der Waals surface area (Å²) in [6.45, 7) is 1.95. The Morgan fingerprint density at radius 1 is 1.29 bits per heavy atom. The van der Waals surface area contributed by atoms with Crippen LogP contribution in [0, 0.1) is 0 Å². The molecule has 1 atom stereocenters. The normalized spacial score (nSPS) is 12.4. The van der Waals surface area contributed by atoms with Gasteiger partial charge in [0.2, 0.25) is 0 Å². The predicted octanol–water partition coefficient (Wildman–Crippen LogP) is 3.91. The van der Waals surface area contributed by atoms with Crippen LogP contribution in [0.3, 0.4) is 0 Å². The molecule has 88 valence electrons. The van der Waals surface area contributed by atoms with Gasteiger partial charge in [-0.1, -0.05) is 35.5 Å². The highest BCUT2D eigenvalue weighted by Crippen LogP contribution is 2.28. The number of nitrogens with zero attached hydrogens (tertiary/aromatic N) is 1. The number of aromatic nitrogens is 1. The number of hydrogen-bond donors (Lipinski definition) is 1. The number of nitrogens with two attached hydrogens (primary N) is 1. The Labute approximate surface area is 110 Å². The van der Waals surface area contributed by atoms with Crippen LogP contribution in [-0.2, 0) is 0 Å². The maximum atomic E-state index is 5.93. The van der Waals surface area contributed by atoms with Crippen LogP contribution in [0.15, 0.2) is 52.5 Å². The summed E-state index contributed by atoms with van der Waals surface area (Å²) in [6.07, 6.45) is 1.82. The molecule has 0 amide bonds. The van der Waals surface area contributed by atoms with Crippen LogP contribution in [0.2, 0.25) is 5.02 Å². The molecule has 0 aliphatic carbocycles. The second kappa shape index (κ2) is 5.54. The van der Waals surface area contributed by atoms with Crippen molar-refractivity contribution in [1.29, 1.82) is 0 Å². The van der Waals surface area contributed by atoms with Gasteiger partial charge in [0.1, 0.15) is 5.03 Å². The number of hydrogen-bond acceptors (Lipinski definition) is 3. The van der Waals surface area contributed by atoms with Crippen LogP contribution < -0.4 is 5.73 Å². The number of rotatable bonds is 3. The Morgan fingerprint density at radius 3 is 2.71 bits per heavy atom. The van der Waals surface area contributed by atoms with Gasteiger partial charge >= 0.3 is 0 Å². The Kier molecular flexibility index (Phi) is 4.05. The largest absolute Gasteiger partial charge is 0.324 e. The van der Waals surface area contributed by atoms with Crippen LogP contribution >= 0.6 is 23.4 Å². The van der Waals surface area contributed by atoms with Gasteiger partial charge in [-0.2, -0.15) is 0 Å². The second-order valence-electron chi connectivity index (χ2n) is 3.78. The summed E-state index contributed by atoms with van der Waals surface area (Å²) in [5.41, 5.74) is 6.81. The third-order valence-corrected chi connectivity index (χ3v) is 3.48. The second-order valence-corrected chi connectivity index (χ2v) is 5.31. The highest BCUT2D eigenvalue weighted by molar-refractivity contribution is 7.99. The molecule has 17 heavy (non-hydrogen) atoms. The first-order valence-corrected chi connectivity index (χ1v) is 6.49. The average molecular weight is 265 g/mol. The van der Waals surface area contributed by atoms with Crippen LogP contribution in [0.1, 0.15) is 18.5 Å². The van der Waals surface area contributed by atoms with E-state index in [9.17, 15) is 0 Å². The van der Waals surface area contributed by atoms with Gasteiger partial charge in [-0.25, -0.2) is 4.98 Å². The molecule has 0 bridgehead atoms. The first kappa shape index (κ1) is 12.4.